The van der Waals surface area contributed by atoms with Gasteiger partial charge in [-0.2, -0.15) is 0 Å². The minimum atomic E-state index is -0.523. The summed E-state index contributed by atoms with van der Waals surface area (Å²) in [6.45, 7) is 2.05. The quantitative estimate of drug-likeness (QED) is 0.475. The Morgan fingerprint density at radius 2 is 1.84 bits per heavy atom. The van der Waals surface area contributed by atoms with Crippen molar-refractivity contribution in [3.8, 4) is 5.75 Å². The lowest BCUT2D eigenvalue weighted by atomic mass is 9.92. The highest BCUT2D eigenvalue weighted by molar-refractivity contribution is 6.03. The third-order valence-electron chi connectivity index (χ3n) is 5.38. The number of rotatable bonds is 4. The summed E-state index contributed by atoms with van der Waals surface area (Å²) in [6.07, 6.45) is 0. The lowest BCUT2D eigenvalue weighted by Gasteiger charge is -2.31. The van der Waals surface area contributed by atoms with Crippen LogP contribution in [0.15, 0.2) is 84.4 Å². The second-order valence-electron chi connectivity index (χ2n) is 7.29. The van der Waals surface area contributed by atoms with E-state index in [-0.39, 0.29) is 12.4 Å². The van der Waals surface area contributed by atoms with Gasteiger partial charge in [0.1, 0.15) is 5.75 Å². The van der Waals surface area contributed by atoms with Gasteiger partial charge in [0.25, 0.3) is 0 Å². The SMILES string of the molecule is CCOC(=O)C1=C(c2ccccc2)Nc2nc3ccccc3n2C1c1cccc(O)c1. The summed E-state index contributed by atoms with van der Waals surface area (Å²) in [4.78, 5) is 18.1. The van der Waals surface area contributed by atoms with Crippen LogP contribution in [0.1, 0.15) is 24.1 Å². The number of para-hydroxylation sites is 2. The Bertz CT molecular complexity index is 1310. The first-order valence-corrected chi connectivity index (χ1v) is 10.2. The first-order chi connectivity index (χ1) is 15.2. The van der Waals surface area contributed by atoms with Crippen LogP contribution in [0.3, 0.4) is 0 Å². The molecule has 0 fully saturated rings. The Morgan fingerprint density at radius 1 is 1.06 bits per heavy atom. The molecule has 2 N–H and O–H groups in total. The Morgan fingerprint density at radius 3 is 2.61 bits per heavy atom. The number of fused-ring (bicyclic) bond motifs is 3. The number of phenolic OH excluding ortho intramolecular Hbond substituents is 1. The van der Waals surface area contributed by atoms with Crippen LogP contribution in [0, 0.1) is 0 Å². The molecule has 1 aliphatic heterocycles. The van der Waals surface area contributed by atoms with Gasteiger partial charge in [-0.15, -0.1) is 0 Å². The highest BCUT2D eigenvalue weighted by Crippen LogP contribution is 2.42. The number of benzene rings is 3. The van der Waals surface area contributed by atoms with Crippen LogP contribution >= 0.6 is 0 Å². The summed E-state index contributed by atoms with van der Waals surface area (Å²) in [5.41, 5.74) is 4.43. The molecule has 3 aromatic carbocycles. The maximum Gasteiger partial charge on any atom is 0.338 e. The van der Waals surface area contributed by atoms with Gasteiger partial charge in [0.2, 0.25) is 5.95 Å². The molecule has 1 unspecified atom stereocenters. The van der Waals surface area contributed by atoms with Gasteiger partial charge in [-0.3, -0.25) is 4.57 Å². The van der Waals surface area contributed by atoms with Crippen LogP contribution in [-0.2, 0) is 9.53 Å². The molecule has 5 rings (SSSR count). The van der Waals surface area contributed by atoms with Crippen LogP contribution in [0.5, 0.6) is 5.75 Å². The maximum absolute atomic E-state index is 13.3. The van der Waals surface area contributed by atoms with Crippen LogP contribution in [-0.4, -0.2) is 27.2 Å². The maximum atomic E-state index is 13.3. The summed E-state index contributed by atoms with van der Waals surface area (Å²) in [5.74, 6) is 0.346. The van der Waals surface area contributed by atoms with E-state index in [0.717, 1.165) is 22.2 Å². The normalized spacial score (nSPS) is 15.5. The predicted molar refractivity (Wildman–Crippen MR) is 120 cm³/mol. The number of aromatic hydroxyl groups is 1. The molecule has 0 amide bonds. The topological polar surface area (TPSA) is 76.4 Å². The fourth-order valence-electron chi connectivity index (χ4n) is 4.10. The van der Waals surface area contributed by atoms with Gasteiger partial charge >= 0.3 is 5.97 Å². The van der Waals surface area contributed by atoms with Crippen molar-refractivity contribution in [1.29, 1.82) is 0 Å². The van der Waals surface area contributed by atoms with Crippen molar-refractivity contribution in [2.75, 3.05) is 11.9 Å². The second-order valence-corrected chi connectivity index (χ2v) is 7.29. The van der Waals surface area contributed by atoms with Crippen LogP contribution in [0.4, 0.5) is 5.95 Å². The molecule has 6 heteroatoms. The number of ether oxygens (including phenoxy) is 1. The third kappa shape index (κ3) is 3.22. The molecule has 6 nitrogen and oxygen atoms in total. The molecule has 0 spiro atoms. The molecule has 0 aliphatic carbocycles. The fourth-order valence-corrected chi connectivity index (χ4v) is 4.10. The molecule has 1 atom stereocenters. The number of carbonyl (C=O) groups is 1. The first-order valence-electron chi connectivity index (χ1n) is 10.2. The number of esters is 1. The molecule has 154 valence electrons. The average molecular weight is 411 g/mol. The summed E-state index contributed by atoms with van der Waals surface area (Å²) >= 11 is 0. The predicted octanol–water partition coefficient (Wildman–Crippen LogP) is 4.73. The summed E-state index contributed by atoms with van der Waals surface area (Å²) in [6, 6.07) is 23.9. The molecule has 1 aromatic heterocycles. The number of aromatic nitrogens is 2. The minimum Gasteiger partial charge on any atom is -0.508 e. The van der Waals surface area contributed by atoms with Crippen molar-refractivity contribution < 1.29 is 14.6 Å². The monoisotopic (exact) mass is 411 g/mol. The van der Waals surface area contributed by atoms with Gasteiger partial charge in [-0.1, -0.05) is 54.6 Å². The number of imidazole rings is 1. The summed E-state index contributed by atoms with van der Waals surface area (Å²) < 4.78 is 7.47. The molecule has 0 radical (unpaired) electrons. The van der Waals surface area contributed by atoms with Crippen molar-refractivity contribution >= 4 is 28.6 Å². The van der Waals surface area contributed by atoms with Crippen LogP contribution in [0.2, 0.25) is 0 Å². The number of phenols is 1. The summed E-state index contributed by atoms with van der Waals surface area (Å²) in [5, 5.41) is 13.6. The summed E-state index contributed by atoms with van der Waals surface area (Å²) in [7, 11) is 0. The number of hydrogen-bond donors (Lipinski definition) is 2. The number of nitrogens with zero attached hydrogens (tertiary/aromatic N) is 2. The van der Waals surface area contributed by atoms with E-state index in [0.29, 0.717) is 17.2 Å². The van der Waals surface area contributed by atoms with E-state index in [9.17, 15) is 9.90 Å². The van der Waals surface area contributed by atoms with E-state index in [1.165, 1.54) is 0 Å². The van der Waals surface area contributed by atoms with Crippen LogP contribution < -0.4 is 5.32 Å². The van der Waals surface area contributed by atoms with Gasteiger partial charge in [0.15, 0.2) is 0 Å². The standard InChI is InChI=1S/C25H21N3O3/c1-2-31-24(30)21-22(16-9-4-3-5-10-16)27-25-26-19-13-6-7-14-20(19)28(25)23(21)17-11-8-12-18(29)15-17/h3-15,23,29H,2H2,1H3,(H,26,27). The van der Waals surface area contributed by atoms with Gasteiger partial charge in [0, 0.05) is 0 Å². The third-order valence-corrected chi connectivity index (χ3v) is 5.38. The highest BCUT2D eigenvalue weighted by Gasteiger charge is 2.36. The molecule has 0 saturated heterocycles. The molecule has 0 saturated carbocycles. The lowest BCUT2D eigenvalue weighted by molar-refractivity contribution is -0.138. The van der Waals surface area contributed by atoms with Gasteiger partial charge in [-0.25, -0.2) is 9.78 Å². The lowest BCUT2D eigenvalue weighted by Crippen LogP contribution is -2.29. The fraction of sp³-hybridized carbons (Fsp3) is 0.120. The number of anilines is 1. The van der Waals surface area contributed by atoms with Crippen molar-refractivity contribution in [1.82, 2.24) is 9.55 Å². The molecule has 0 bridgehead atoms. The zero-order chi connectivity index (χ0) is 21.4. The highest BCUT2D eigenvalue weighted by atomic mass is 16.5. The van der Waals surface area contributed by atoms with Gasteiger partial charge in [-0.05, 0) is 42.3 Å². The molecular weight excluding hydrogens is 390 g/mol. The minimum absolute atomic E-state index is 0.131. The molecule has 2 heterocycles. The number of nitrogens with one attached hydrogen (secondary N) is 1. The van der Waals surface area contributed by atoms with E-state index < -0.39 is 12.0 Å². The van der Waals surface area contributed by atoms with E-state index in [4.69, 9.17) is 9.72 Å². The van der Waals surface area contributed by atoms with Crippen molar-refractivity contribution in [3.05, 3.63) is 95.6 Å². The molecule has 31 heavy (non-hydrogen) atoms. The second kappa shape index (κ2) is 7.65. The smallest absolute Gasteiger partial charge is 0.338 e. The molecular formula is C25H21N3O3. The molecule has 4 aromatic rings. The zero-order valence-corrected chi connectivity index (χ0v) is 16.9. The van der Waals surface area contributed by atoms with E-state index in [2.05, 4.69) is 5.32 Å². The largest absolute Gasteiger partial charge is 0.508 e. The van der Waals surface area contributed by atoms with E-state index >= 15 is 0 Å². The Balaban J connectivity index is 1.84. The first kappa shape index (κ1) is 18.9. The van der Waals surface area contributed by atoms with Gasteiger partial charge in [0.05, 0.1) is 35.0 Å². The van der Waals surface area contributed by atoms with E-state index in [1.54, 1.807) is 25.1 Å². The van der Waals surface area contributed by atoms with Crippen molar-refractivity contribution in [2.45, 2.75) is 13.0 Å². The zero-order valence-electron chi connectivity index (χ0n) is 16.9. The van der Waals surface area contributed by atoms with Crippen molar-refractivity contribution in [2.24, 2.45) is 0 Å². The van der Waals surface area contributed by atoms with Crippen LogP contribution in [0.25, 0.3) is 16.7 Å². The molecule has 1 aliphatic rings. The van der Waals surface area contributed by atoms with Crippen molar-refractivity contribution in [3.63, 3.8) is 0 Å². The Labute approximate surface area is 179 Å². The Kier molecular flexibility index (Phi) is 4.67. The number of hydrogen-bond acceptors (Lipinski definition) is 5. The van der Waals surface area contributed by atoms with E-state index in [1.807, 2.05) is 65.2 Å². The number of carbonyl (C=O) groups excluding carboxylic acids is 1. The van der Waals surface area contributed by atoms with Gasteiger partial charge < -0.3 is 15.2 Å². The average Bonchev–Trinajstić information content (AvgIpc) is 3.17. The Hall–Kier alpha value is -4.06.